The number of rotatable bonds is 8. The topological polar surface area (TPSA) is 9.23 Å². The number of halogens is 2. The lowest BCUT2D eigenvalue weighted by molar-refractivity contribution is 0.287. The first-order valence-electron chi connectivity index (χ1n) is 10.5. The Labute approximate surface area is 167 Å². The summed E-state index contributed by atoms with van der Waals surface area (Å²) >= 11 is 0. The molecule has 1 atom stereocenters. The number of allylic oxidation sites excluding steroid dienone is 2. The van der Waals surface area contributed by atoms with Crippen molar-refractivity contribution in [2.45, 2.75) is 64.7 Å². The molecular formula is C25H30F2O. The molecule has 1 nitrogen and oxygen atoms in total. The maximum atomic E-state index is 14.6. The predicted molar refractivity (Wildman–Crippen MR) is 112 cm³/mol. The van der Waals surface area contributed by atoms with Gasteiger partial charge in [-0.25, -0.2) is 4.39 Å². The third-order valence-electron chi connectivity index (χ3n) is 5.55. The van der Waals surface area contributed by atoms with Gasteiger partial charge in [0, 0.05) is 0 Å². The number of aryl methyl sites for hydroxylation is 1. The molecule has 0 N–H and O–H groups in total. The van der Waals surface area contributed by atoms with Crippen molar-refractivity contribution in [2.24, 2.45) is 0 Å². The van der Waals surface area contributed by atoms with E-state index in [1.165, 1.54) is 16.7 Å². The normalized spacial score (nSPS) is 16.7. The van der Waals surface area contributed by atoms with Gasteiger partial charge < -0.3 is 4.74 Å². The summed E-state index contributed by atoms with van der Waals surface area (Å²) in [5.74, 6) is -1.56. The summed E-state index contributed by atoms with van der Waals surface area (Å²) in [6, 6.07) is 12.0. The zero-order valence-electron chi connectivity index (χ0n) is 16.9. The van der Waals surface area contributed by atoms with Crippen LogP contribution < -0.4 is 4.74 Å². The molecule has 150 valence electrons. The van der Waals surface area contributed by atoms with Crippen LogP contribution in [0, 0.1) is 11.6 Å². The lowest BCUT2D eigenvalue weighted by Crippen LogP contribution is -2.09. The van der Waals surface area contributed by atoms with Crippen LogP contribution in [0.3, 0.4) is 0 Å². The van der Waals surface area contributed by atoms with Gasteiger partial charge >= 0.3 is 0 Å². The Balaban J connectivity index is 1.69. The Morgan fingerprint density at radius 3 is 2.39 bits per heavy atom. The summed E-state index contributed by atoms with van der Waals surface area (Å²) in [4.78, 5) is 0. The van der Waals surface area contributed by atoms with Crippen LogP contribution >= 0.6 is 0 Å². The van der Waals surface area contributed by atoms with Gasteiger partial charge in [0.15, 0.2) is 11.6 Å². The average Bonchev–Trinajstić information content (AvgIpc) is 2.72. The van der Waals surface area contributed by atoms with Gasteiger partial charge in [-0.05, 0) is 66.4 Å². The summed E-state index contributed by atoms with van der Waals surface area (Å²) < 4.78 is 34.4. The molecule has 0 spiro atoms. The van der Waals surface area contributed by atoms with Crippen molar-refractivity contribution in [2.75, 3.05) is 6.61 Å². The number of ether oxygens (including phenoxy) is 1. The highest BCUT2D eigenvalue weighted by Crippen LogP contribution is 2.38. The Morgan fingerprint density at radius 1 is 0.964 bits per heavy atom. The Morgan fingerprint density at radius 2 is 1.75 bits per heavy atom. The molecule has 0 radical (unpaired) electrons. The minimum atomic E-state index is -0.852. The average molecular weight is 385 g/mol. The molecule has 1 unspecified atom stereocenters. The van der Waals surface area contributed by atoms with E-state index in [1.54, 1.807) is 12.1 Å². The second-order valence-corrected chi connectivity index (χ2v) is 7.63. The summed E-state index contributed by atoms with van der Waals surface area (Å²) in [7, 11) is 0. The predicted octanol–water partition coefficient (Wildman–Crippen LogP) is 7.45. The molecule has 28 heavy (non-hydrogen) atoms. The van der Waals surface area contributed by atoms with Crippen molar-refractivity contribution >= 4 is 5.57 Å². The van der Waals surface area contributed by atoms with Gasteiger partial charge in [0.2, 0.25) is 5.82 Å². The van der Waals surface area contributed by atoms with Crippen LogP contribution in [0.4, 0.5) is 8.78 Å². The van der Waals surface area contributed by atoms with Crippen molar-refractivity contribution in [3.8, 4) is 5.75 Å². The second kappa shape index (κ2) is 9.86. The molecule has 3 rings (SSSR count). The minimum absolute atomic E-state index is 0.0160. The van der Waals surface area contributed by atoms with Crippen LogP contribution in [-0.2, 0) is 6.42 Å². The monoisotopic (exact) mass is 384 g/mol. The van der Waals surface area contributed by atoms with Gasteiger partial charge in [0.1, 0.15) is 0 Å². The van der Waals surface area contributed by atoms with E-state index in [0.29, 0.717) is 12.2 Å². The molecule has 2 aromatic rings. The van der Waals surface area contributed by atoms with Crippen LogP contribution in [0.5, 0.6) is 5.75 Å². The van der Waals surface area contributed by atoms with E-state index in [9.17, 15) is 8.78 Å². The molecule has 0 fully saturated rings. The first-order valence-corrected chi connectivity index (χ1v) is 10.5. The number of benzene rings is 2. The molecule has 1 aliphatic rings. The molecule has 0 aromatic heterocycles. The summed E-state index contributed by atoms with van der Waals surface area (Å²) in [5, 5.41) is 0. The van der Waals surface area contributed by atoms with Gasteiger partial charge in [0.05, 0.1) is 6.61 Å². The van der Waals surface area contributed by atoms with Crippen LogP contribution in [0.1, 0.15) is 75.0 Å². The number of hydrogen-bond donors (Lipinski definition) is 0. The summed E-state index contributed by atoms with van der Waals surface area (Å²) in [5.41, 5.74) is 4.37. The molecule has 2 aromatic carbocycles. The molecule has 3 heteroatoms. The highest BCUT2D eigenvalue weighted by atomic mass is 19.2. The van der Waals surface area contributed by atoms with E-state index >= 15 is 0 Å². The molecule has 0 bridgehead atoms. The van der Waals surface area contributed by atoms with E-state index in [0.717, 1.165) is 44.9 Å². The zero-order chi connectivity index (χ0) is 19.9. The van der Waals surface area contributed by atoms with E-state index in [2.05, 4.69) is 37.3 Å². The zero-order valence-corrected chi connectivity index (χ0v) is 16.9. The van der Waals surface area contributed by atoms with Gasteiger partial charge in [0.25, 0.3) is 0 Å². The fraction of sp³-hybridized carbons (Fsp3) is 0.440. The second-order valence-electron chi connectivity index (χ2n) is 7.63. The first-order chi connectivity index (χ1) is 13.6. The van der Waals surface area contributed by atoms with Crippen molar-refractivity contribution in [3.05, 3.63) is 70.8 Å². The van der Waals surface area contributed by atoms with Crippen molar-refractivity contribution in [1.82, 2.24) is 0 Å². The molecule has 0 amide bonds. The third-order valence-corrected chi connectivity index (χ3v) is 5.55. The largest absolute Gasteiger partial charge is 0.490 e. The summed E-state index contributed by atoms with van der Waals surface area (Å²) in [6.07, 6.45) is 8.67. The van der Waals surface area contributed by atoms with E-state index in [4.69, 9.17) is 4.74 Å². The first kappa shape index (κ1) is 20.6. The smallest absolute Gasteiger partial charge is 0.200 e. The fourth-order valence-electron chi connectivity index (χ4n) is 3.85. The van der Waals surface area contributed by atoms with Gasteiger partial charge in [-0.1, -0.05) is 63.1 Å². The maximum absolute atomic E-state index is 14.6. The maximum Gasteiger partial charge on any atom is 0.200 e. The van der Waals surface area contributed by atoms with E-state index < -0.39 is 11.6 Å². The third kappa shape index (κ3) is 4.81. The number of hydrogen-bond acceptors (Lipinski definition) is 1. The highest BCUT2D eigenvalue weighted by Gasteiger charge is 2.23. The van der Waals surface area contributed by atoms with Crippen molar-refractivity contribution in [1.29, 1.82) is 0 Å². The van der Waals surface area contributed by atoms with Crippen LogP contribution in [-0.4, -0.2) is 6.61 Å². The minimum Gasteiger partial charge on any atom is -0.490 e. The Kier molecular flexibility index (Phi) is 7.24. The standard InChI is InChI=1S/C25H30F2O/c1-3-5-17-28-23-16-15-22(24(26)25(23)27)21-13-11-20(12-14-21)19-9-7-18(6-4-2)8-10-19/h7-11,15-16,21H,3-6,12-14,17H2,1-2H3. The fourth-order valence-corrected chi connectivity index (χ4v) is 3.85. The van der Waals surface area contributed by atoms with Crippen molar-refractivity contribution < 1.29 is 13.5 Å². The SMILES string of the molecule is CCCCOc1ccc(C2CC=C(c3ccc(CCC)cc3)CC2)c(F)c1F. The van der Waals surface area contributed by atoms with Gasteiger partial charge in [-0.3, -0.25) is 0 Å². The van der Waals surface area contributed by atoms with Gasteiger partial charge in [-0.2, -0.15) is 4.39 Å². The van der Waals surface area contributed by atoms with E-state index in [1.807, 2.05) is 6.92 Å². The molecule has 0 saturated heterocycles. The lowest BCUT2D eigenvalue weighted by atomic mass is 9.82. The molecule has 0 aliphatic heterocycles. The lowest BCUT2D eigenvalue weighted by Gasteiger charge is -2.23. The highest BCUT2D eigenvalue weighted by molar-refractivity contribution is 5.66. The van der Waals surface area contributed by atoms with Gasteiger partial charge in [-0.15, -0.1) is 0 Å². The molecule has 0 heterocycles. The molecule has 0 saturated carbocycles. The molecular weight excluding hydrogens is 354 g/mol. The van der Waals surface area contributed by atoms with Crippen LogP contribution in [0.15, 0.2) is 42.5 Å². The van der Waals surface area contributed by atoms with E-state index in [-0.39, 0.29) is 11.7 Å². The van der Waals surface area contributed by atoms with Crippen LogP contribution in [0.2, 0.25) is 0 Å². The van der Waals surface area contributed by atoms with Crippen molar-refractivity contribution in [3.63, 3.8) is 0 Å². The Hall–Kier alpha value is -2.16. The quantitative estimate of drug-likeness (QED) is 0.430. The Bertz CT molecular complexity index is 808. The summed E-state index contributed by atoms with van der Waals surface area (Å²) in [6.45, 7) is 4.64. The van der Waals surface area contributed by atoms with Crippen LogP contribution in [0.25, 0.3) is 5.57 Å². The number of unbranched alkanes of at least 4 members (excludes halogenated alkanes) is 1. The molecule has 1 aliphatic carbocycles.